The molecule has 2 aliphatic rings. The van der Waals surface area contributed by atoms with Crippen LogP contribution in [0.5, 0.6) is 0 Å². The molecule has 1 aromatic rings. The highest BCUT2D eigenvalue weighted by Crippen LogP contribution is 2.37. The Balaban J connectivity index is 1.82. The second-order valence-corrected chi connectivity index (χ2v) is 5.96. The molecule has 0 atom stereocenters. The molecule has 1 fully saturated rings. The van der Waals surface area contributed by atoms with Crippen molar-refractivity contribution in [3.63, 3.8) is 0 Å². The number of thiocarbonyl (C=S) groups is 1. The van der Waals surface area contributed by atoms with Crippen molar-refractivity contribution >= 4 is 46.0 Å². The number of fused-ring (bicyclic) bond motifs is 1. The SMILES string of the molecule is S=C(/C=C1\SN=C2SCCN21)c1ccccc1. The van der Waals surface area contributed by atoms with Gasteiger partial charge in [-0.05, 0) is 11.6 Å². The first-order chi connectivity index (χ1) is 8.34. The van der Waals surface area contributed by atoms with Gasteiger partial charge in [0, 0.05) is 29.1 Å². The second kappa shape index (κ2) is 4.84. The Morgan fingerprint density at radius 1 is 1.35 bits per heavy atom. The van der Waals surface area contributed by atoms with E-state index in [1.165, 1.54) is 11.9 Å². The van der Waals surface area contributed by atoms with Gasteiger partial charge in [0.15, 0.2) is 5.17 Å². The molecule has 3 rings (SSSR count). The number of amidine groups is 1. The minimum Gasteiger partial charge on any atom is -0.313 e. The zero-order chi connectivity index (χ0) is 11.7. The van der Waals surface area contributed by atoms with E-state index < -0.39 is 0 Å². The van der Waals surface area contributed by atoms with Crippen molar-refractivity contribution < 1.29 is 0 Å². The second-order valence-electron chi connectivity index (χ2n) is 3.68. The molecule has 0 aliphatic carbocycles. The standard InChI is InChI=1S/C12H10N2S3/c15-10(9-4-2-1-3-5-9)8-11-14-6-7-16-12(14)13-17-11/h1-5,8H,6-7H2/b11-8-. The summed E-state index contributed by atoms with van der Waals surface area (Å²) < 4.78 is 4.42. The summed E-state index contributed by atoms with van der Waals surface area (Å²) in [6.07, 6.45) is 2.05. The van der Waals surface area contributed by atoms with E-state index in [4.69, 9.17) is 12.2 Å². The van der Waals surface area contributed by atoms with Gasteiger partial charge in [-0.1, -0.05) is 54.3 Å². The predicted molar refractivity (Wildman–Crippen MR) is 80.4 cm³/mol. The first-order valence-electron chi connectivity index (χ1n) is 5.31. The molecule has 0 amide bonds. The number of rotatable bonds is 2. The van der Waals surface area contributed by atoms with E-state index in [2.05, 4.69) is 15.4 Å². The van der Waals surface area contributed by atoms with Gasteiger partial charge in [-0.15, -0.1) is 0 Å². The molecular formula is C12H10N2S3. The van der Waals surface area contributed by atoms with Crippen LogP contribution in [0, 0.1) is 0 Å². The molecule has 86 valence electrons. The maximum atomic E-state index is 5.44. The number of benzene rings is 1. The van der Waals surface area contributed by atoms with Gasteiger partial charge >= 0.3 is 0 Å². The number of hydrogen-bond donors (Lipinski definition) is 0. The highest BCUT2D eigenvalue weighted by molar-refractivity contribution is 8.16. The Bertz CT molecular complexity index is 508. The summed E-state index contributed by atoms with van der Waals surface area (Å²) >= 11 is 8.78. The lowest BCUT2D eigenvalue weighted by atomic mass is 10.1. The lowest BCUT2D eigenvalue weighted by Gasteiger charge is -2.11. The van der Waals surface area contributed by atoms with Crippen molar-refractivity contribution in [1.82, 2.24) is 4.90 Å². The molecule has 2 nitrogen and oxygen atoms in total. The smallest absolute Gasteiger partial charge is 0.176 e. The molecule has 2 heterocycles. The highest BCUT2D eigenvalue weighted by atomic mass is 32.2. The van der Waals surface area contributed by atoms with Gasteiger partial charge in [-0.2, -0.15) is 4.40 Å². The average molecular weight is 278 g/mol. The van der Waals surface area contributed by atoms with Gasteiger partial charge in [0.1, 0.15) is 5.03 Å². The largest absolute Gasteiger partial charge is 0.313 e. The minimum atomic E-state index is 0.876. The molecule has 1 saturated heterocycles. The van der Waals surface area contributed by atoms with E-state index in [0.717, 1.165) is 32.9 Å². The Morgan fingerprint density at radius 3 is 3.00 bits per heavy atom. The van der Waals surface area contributed by atoms with E-state index >= 15 is 0 Å². The van der Waals surface area contributed by atoms with Crippen molar-refractivity contribution in [3.05, 3.63) is 47.0 Å². The van der Waals surface area contributed by atoms with Gasteiger partial charge in [0.05, 0.1) is 0 Å². The third kappa shape index (κ3) is 2.27. The lowest BCUT2D eigenvalue weighted by molar-refractivity contribution is 0.616. The molecule has 0 unspecified atom stereocenters. The molecule has 5 heteroatoms. The minimum absolute atomic E-state index is 0.876. The summed E-state index contributed by atoms with van der Waals surface area (Å²) in [7, 11) is 0. The summed E-state index contributed by atoms with van der Waals surface area (Å²) in [5, 5.41) is 2.27. The quantitative estimate of drug-likeness (QED) is 0.357. The highest BCUT2D eigenvalue weighted by Gasteiger charge is 2.28. The Morgan fingerprint density at radius 2 is 2.18 bits per heavy atom. The third-order valence-electron chi connectivity index (χ3n) is 2.57. The van der Waals surface area contributed by atoms with Crippen LogP contribution in [-0.2, 0) is 0 Å². The van der Waals surface area contributed by atoms with Crippen molar-refractivity contribution in [2.24, 2.45) is 4.40 Å². The van der Waals surface area contributed by atoms with Gasteiger partial charge < -0.3 is 4.90 Å². The zero-order valence-electron chi connectivity index (χ0n) is 9.00. The predicted octanol–water partition coefficient (Wildman–Crippen LogP) is 3.31. The maximum Gasteiger partial charge on any atom is 0.176 e. The summed E-state index contributed by atoms with van der Waals surface area (Å²) in [6, 6.07) is 10.1. The number of thioether (sulfide) groups is 1. The summed E-state index contributed by atoms with van der Waals surface area (Å²) in [5.74, 6) is 1.12. The number of hydrogen-bond acceptors (Lipinski definition) is 5. The van der Waals surface area contributed by atoms with Crippen LogP contribution < -0.4 is 0 Å². The van der Waals surface area contributed by atoms with Gasteiger partial charge in [0.25, 0.3) is 0 Å². The van der Waals surface area contributed by atoms with Gasteiger partial charge in [0.2, 0.25) is 0 Å². The van der Waals surface area contributed by atoms with E-state index in [9.17, 15) is 0 Å². The van der Waals surface area contributed by atoms with Crippen LogP contribution in [0.15, 0.2) is 45.8 Å². The first kappa shape index (κ1) is 11.3. The lowest BCUT2D eigenvalue weighted by Crippen LogP contribution is -2.18. The molecule has 0 spiro atoms. The van der Waals surface area contributed by atoms with Crippen molar-refractivity contribution in [3.8, 4) is 0 Å². The molecule has 0 radical (unpaired) electrons. The average Bonchev–Trinajstić information content (AvgIpc) is 2.95. The third-order valence-corrected chi connectivity index (χ3v) is 4.79. The number of nitrogens with zero attached hydrogens (tertiary/aromatic N) is 2. The van der Waals surface area contributed by atoms with Crippen LogP contribution in [0.4, 0.5) is 0 Å². The van der Waals surface area contributed by atoms with Gasteiger partial charge in [-0.3, -0.25) is 0 Å². The van der Waals surface area contributed by atoms with Crippen LogP contribution in [0.3, 0.4) is 0 Å². The fraction of sp³-hybridized carbons (Fsp3) is 0.167. The zero-order valence-corrected chi connectivity index (χ0v) is 11.4. The van der Waals surface area contributed by atoms with E-state index in [0.29, 0.717) is 0 Å². The molecule has 0 N–H and O–H groups in total. The van der Waals surface area contributed by atoms with Crippen LogP contribution in [0.2, 0.25) is 0 Å². The van der Waals surface area contributed by atoms with Crippen LogP contribution in [0.1, 0.15) is 5.56 Å². The van der Waals surface area contributed by atoms with Crippen molar-refractivity contribution in [2.45, 2.75) is 0 Å². The van der Waals surface area contributed by atoms with Crippen molar-refractivity contribution in [2.75, 3.05) is 12.3 Å². The fourth-order valence-corrected chi connectivity index (χ4v) is 3.94. The van der Waals surface area contributed by atoms with Crippen molar-refractivity contribution in [1.29, 1.82) is 0 Å². The molecule has 2 aliphatic heterocycles. The van der Waals surface area contributed by atoms with E-state index in [-0.39, 0.29) is 0 Å². The van der Waals surface area contributed by atoms with E-state index in [1.54, 1.807) is 0 Å². The summed E-state index contributed by atoms with van der Waals surface area (Å²) in [5.41, 5.74) is 1.09. The Kier molecular flexibility index (Phi) is 3.22. The normalized spacial score (nSPS) is 20.6. The maximum absolute atomic E-state index is 5.44. The monoisotopic (exact) mass is 278 g/mol. The summed E-state index contributed by atoms with van der Waals surface area (Å²) in [4.78, 5) is 3.12. The molecule has 0 aromatic heterocycles. The molecule has 0 bridgehead atoms. The Labute approximate surface area is 114 Å². The van der Waals surface area contributed by atoms with Crippen LogP contribution in [-0.4, -0.2) is 27.2 Å². The van der Waals surface area contributed by atoms with Crippen LogP contribution in [0.25, 0.3) is 0 Å². The Hall–Kier alpha value is -0.780. The topological polar surface area (TPSA) is 15.6 Å². The molecule has 17 heavy (non-hydrogen) atoms. The summed E-state index contributed by atoms with van der Waals surface area (Å²) in [6.45, 7) is 1.04. The molecule has 1 aromatic carbocycles. The molecule has 0 saturated carbocycles. The number of allylic oxidation sites excluding steroid dienone is 1. The van der Waals surface area contributed by atoms with E-state index in [1.807, 2.05) is 42.1 Å². The van der Waals surface area contributed by atoms with Gasteiger partial charge in [-0.25, -0.2) is 0 Å². The fourth-order valence-electron chi connectivity index (χ4n) is 1.72. The first-order valence-corrected chi connectivity index (χ1v) is 7.48. The molecular weight excluding hydrogens is 268 g/mol. The van der Waals surface area contributed by atoms with Crippen LogP contribution >= 0.6 is 35.9 Å².